The molecule has 0 saturated heterocycles. The fourth-order valence-corrected chi connectivity index (χ4v) is 1.48. The second kappa shape index (κ2) is 6.01. The van der Waals surface area contributed by atoms with E-state index in [0.717, 1.165) is 0 Å². The second-order valence-electron chi connectivity index (χ2n) is 4.09. The largest absolute Gasteiger partial charge is 0.299 e. The number of Topliss-reactive ketones (excluding diaryl/α,β-unsaturated/α-hetero) is 2. The summed E-state index contributed by atoms with van der Waals surface area (Å²) in [5.74, 6) is -0.127. The fraction of sp³-hybridized carbons (Fsp3) is 0.583. The molecule has 0 spiro atoms. The minimum Gasteiger partial charge on any atom is -0.299 e. The van der Waals surface area contributed by atoms with Gasteiger partial charge in [-0.3, -0.25) is 9.59 Å². The SMILES string of the molecule is CC(=O)C(C)(C/C=C/C=S(C)C)C(C)=O. The van der Waals surface area contributed by atoms with Gasteiger partial charge < -0.3 is 0 Å². The maximum atomic E-state index is 11.4. The van der Waals surface area contributed by atoms with E-state index in [-0.39, 0.29) is 22.1 Å². The molecule has 0 bridgehead atoms. The Kier molecular flexibility index (Phi) is 5.73. The first-order valence-corrected chi connectivity index (χ1v) is 6.99. The Labute approximate surface area is 94.7 Å². The Hall–Kier alpha value is -0.700. The lowest BCUT2D eigenvalue weighted by atomic mass is 9.79. The van der Waals surface area contributed by atoms with Gasteiger partial charge >= 0.3 is 0 Å². The monoisotopic (exact) mass is 228 g/mol. The molecule has 2 nitrogen and oxygen atoms in total. The van der Waals surface area contributed by atoms with Crippen LogP contribution >= 0.6 is 10.5 Å². The van der Waals surface area contributed by atoms with Crippen molar-refractivity contribution in [1.82, 2.24) is 0 Å². The van der Waals surface area contributed by atoms with Crippen LogP contribution in [0.4, 0.5) is 0 Å². The molecular weight excluding hydrogens is 208 g/mol. The maximum Gasteiger partial charge on any atom is 0.143 e. The van der Waals surface area contributed by atoms with Crippen LogP contribution in [0.25, 0.3) is 0 Å². The fourth-order valence-electron chi connectivity index (χ4n) is 1.05. The van der Waals surface area contributed by atoms with E-state index < -0.39 is 5.41 Å². The summed E-state index contributed by atoms with van der Waals surface area (Å²) in [6.45, 7) is 4.66. The van der Waals surface area contributed by atoms with Crippen molar-refractivity contribution >= 4 is 27.4 Å². The van der Waals surface area contributed by atoms with Gasteiger partial charge in [0.2, 0.25) is 0 Å². The Balaban J connectivity index is 4.60. The highest BCUT2D eigenvalue weighted by Crippen LogP contribution is 2.24. The molecular formula is C12H20O2S. The summed E-state index contributed by atoms with van der Waals surface area (Å²) in [5, 5.41) is 2.07. The number of ketones is 2. The highest BCUT2D eigenvalue weighted by atomic mass is 32.2. The van der Waals surface area contributed by atoms with E-state index in [2.05, 4.69) is 17.9 Å². The van der Waals surface area contributed by atoms with Crippen molar-refractivity contribution in [2.24, 2.45) is 5.41 Å². The lowest BCUT2D eigenvalue weighted by Gasteiger charge is -2.21. The van der Waals surface area contributed by atoms with Crippen LogP contribution < -0.4 is 0 Å². The molecule has 0 unspecified atom stereocenters. The van der Waals surface area contributed by atoms with Gasteiger partial charge in [-0.2, -0.15) is 10.5 Å². The van der Waals surface area contributed by atoms with Gasteiger partial charge in [-0.25, -0.2) is 0 Å². The van der Waals surface area contributed by atoms with Gasteiger partial charge in [0.05, 0.1) is 5.41 Å². The zero-order valence-electron chi connectivity index (χ0n) is 10.2. The quantitative estimate of drug-likeness (QED) is 0.411. The zero-order chi connectivity index (χ0) is 12.1. The smallest absolute Gasteiger partial charge is 0.143 e. The van der Waals surface area contributed by atoms with Crippen LogP contribution in [0.3, 0.4) is 0 Å². The predicted molar refractivity (Wildman–Crippen MR) is 68.7 cm³/mol. The molecule has 0 N–H and O–H groups in total. The van der Waals surface area contributed by atoms with Gasteiger partial charge in [0.25, 0.3) is 0 Å². The first-order valence-electron chi connectivity index (χ1n) is 4.89. The van der Waals surface area contributed by atoms with Crippen molar-refractivity contribution in [3.8, 4) is 0 Å². The molecule has 0 atom stereocenters. The standard InChI is InChI=1S/C12H20O2S/c1-10(13)12(3,11(2)14)8-6-7-9-15(4)5/h6-7,9H,8H2,1-5H3/b7-6+. The van der Waals surface area contributed by atoms with Crippen molar-refractivity contribution in [3.63, 3.8) is 0 Å². The van der Waals surface area contributed by atoms with E-state index in [4.69, 9.17) is 0 Å². The van der Waals surface area contributed by atoms with Crippen molar-refractivity contribution < 1.29 is 9.59 Å². The van der Waals surface area contributed by atoms with Crippen molar-refractivity contribution in [1.29, 1.82) is 0 Å². The van der Waals surface area contributed by atoms with Crippen molar-refractivity contribution in [3.05, 3.63) is 12.2 Å². The number of rotatable bonds is 5. The Bertz CT molecular complexity index is 296. The van der Waals surface area contributed by atoms with Gasteiger partial charge in [0.1, 0.15) is 11.6 Å². The molecule has 0 aromatic rings. The number of carbonyl (C=O) groups is 2. The Morgan fingerprint density at radius 2 is 1.67 bits per heavy atom. The van der Waals surface area contributed by atoms with Crippen LogP contribution in [0.2, 0.25) is 0 Å². The average molecular weight is 228 g/mol. The van der Waals surface area contributed by atoms with E-state index in [0.29, 0.717) is 6.42 Å². The van der Waals surface area contributed by atoms with E-state index >= 15 is 0 Å². The second-order valence-corrected chi connectivity index (χ2v) is 6.12. The summed E-state index contributed by atoms with van der Waals surface area (Å²) in [6.07, 6.45) is 8.55. The Morgan fingerprint density at radius 3 is 2.00 bits per heavy atom. The van der Waals surface area contributed by atoms with E-state index in [1.54, 1.807) is 6.92 Å². The summed E-state index contributed by atoms with van der Waals surface area (Å²) in [6, 6.07) is 0. The van der Waals surface area contributed by atoms with Gasteiger partial charge in [-0.05, 0) is 45.1 Å². The highest BCUT2D eigenvalue weighted by molar-refractivity contribution is 8.14. The molecule has 0 fully saturated rings. The maximum absolute atomic E-state index is 11.4. The Morgan fingerprint density at radius 1 is 1.20 bits per heavy atom. The summed E-state index contributed by atoms with van der Waals surface area (Å²) in [4.78, 5) is 22.7. The van der Waals surface area contributed by atoms with Gasteiger partial charge in [-0.15, -0.1) is 0 Å². The van der Waals surface area contributed by atoms with Crippen LogP contribution in [0.1, 0.15) is 27.2 Å². The van der Waals surface area contributed by atoms with E-state index in [1.807, 2.05) is 12.2 Å². The molecule has 0 rings (SSSR count). The zero-order valence-corrected chi connectivity index (χ0v) is 11.0. The normalized spacial score (nSPS) is 12.1. The number of hydrogen-bond acceptors (Lipinski definition) is 2. The molecule has 0 aliphatic rings. The summed E-state index contributed by atoms with van der Waals surface area (Å²) >= 11 is 0. The molecule has 15 heavy (non-hydrogen) atoms. The molecule has 0 radical (unpaired) electrons. The molecule has 0 aromatic heterocycles. The van der Waals surface area contributed by atoms with Crippen LogP contribution in [0, 0.1) is 5.41 Å². The van der Waals surface area contributed by atoms with Crippen LogP contribution in [-0.4, -0.2) is 29.4 Å². The molecule has 0 heterocycles. The molecule has 0 amide bonds. The number of carbonyl (C=O) groups excluding carboxylic acids is 2. The lowest BCUT2D eigenvalue weighted by molar-refractivity contribution is -0.137. The number of hydrogen-bond donors (Lipinski definition) is 0. The molecule has 0 aliphatic carbocycles. The predicted octanol–water partition coefficient (Wildman–Crippen LogP) is 2.45. The van der Waals surface area contributed by atoms with Crippen LogP contribution in [0.5, 0.6) is 0 Å². The van der Waals surface area contributed by atoms with Crippen LogP contribution in [-0.2, 0) is 9.59 Å². The average Bonchev–Trinajstić information content (AvgIpc) is 2.10. The van der Waals surface area contributed by atoms with Crippen molar-refractivity contribution in [2.75, 3.05) is 12.5 Å². The van der Waals surface area contributed by atoms with Crippen LogP contribution in [0.15, 0.2) is 12.2 Å². The van der Waals surface area contributed by atoms with E-state index in [9.17, 15) is 9.59 Å². The molecule has 0 aliphatic heterocycles. The van der Waals surface area contributed by atoms with Crippen molar-refractivity contribution in [2.45, 2.75) is 27.2 Å². The highest BCUT2D eigenvalue weighted by Gasteiger charge is 2.33. The minimum atomic E-state index is -0.843. The summed E-state index contributed by atoms with van der Waals surface area (Å²) < 4.78 is 0. The summed E-state index contributed by atoms with van der Waals surface area (Å²) in [5.41, 5.74) is -0.843. The number of allylic oxidation sites excluding steroid dienone is 2. The minimum absolute atomic E-state index is 0.0633. The van der Waals surface area contributed by atoms with Gasteiger partial charge in [-0.1, -0.05) is 12.2 Å². The molecule has 0 aromatic carbocycles. The third-order valence-corrected chi connectivity index (χ3v) is 3.27. The molecule has 86 valence electrons. The van der Waals surface area contributed by atoms with Gasteiger partial charge in [0, 0.05) is 0 Å². The first kappa shape index (κ1) is 14.3. The molecule has 3 heteroatoms. The van der Waals surface area contributed by atoms with Gasteiger partial charge in [0.15, 0.2) is 0 Å². The summed E-state index contributed by atoms with van der Waals surface area (Å²) in [7, 11) is 0.253. The van der Waals surface area contributed by atoms with E-state index in [1.165, 1.54) is 13.8 Å². The lowest BCUT2D eigenvalue weighted by Crippen LogP contribution is -2.32. The molecule has 0 saturated carbocycles. The third kappa shape index (κ3) is 4.56. The topological polar surface area (TPSA) is 34.1 Å². The first-order chi connectivity index (χ1) is 6.80. The third-order valence-electron chi connectivity index (χ3n) is 2.57.